The van der Waals surface area contributed by atoms with Crippen molar-refractivity contribution in [2.24, 2.45) is 0 Å². The highest BCUT2D eigenvalue weighted by atomic mass is 19.4. The molecule has 6 heteroatoms. The highest BCUT2D eigenvalue weighted by Gasteiger charge is 2.38. The summed E-state index contributed by atoms with van der Waals surface area (Å²) >= 11 is 0. The fraction of sp³-hybridized carbons (Fsp3) is 0.364. The number of halogens is 3. The first-order chi connectivity index (χ1) is 7.91. The predicted octanol–water partition coefficient (Wildman–Crippen LogP) is 2.68. The zero-order valence-corrected chi connectivity index (χ0v) is 8.93. The molecule has 1 heterocycles. The van der Waals surface area contributed by atoms with Crippen molar-refractivity contribution in [2.75, 3.05) is 13.2 Å². The Morgan fingerprint density at radius 3 is 2.29 bits per heavy atom. The smallest absolute Gasteiger partial charge is 0.420 e. The lowest BCUT2D eigenvalue weighted by Gasteiger charge is -2.23. The monoisotopic (exact) mass is 246 g/mol. The van der Waals surface area contributed by atoms with Crippen LogP contribution in [0.1, 0.15) is 22.8 Å². The highest BCUT2D eigenvalue weighted by Crippen LogP contribution is 2.44. The lowest BCUT2D eigenvalue weighted by atomic mass is 10.0. The summed E-state index contributed by atoms with van der Waals surface area (Å²) in [6.45, 7) is 1.44. The number of ketones is 1. The average Bonchev–Trinajstić information content (AvgIpc) is 2.26. The van der Waals surface area contributed by atoms with Gasteiger partial charge in [0.25, 0.3) is 0 Å². The predicted molar refractivity (Wildman–Crippen MR) is 52.4 cm³/mol. The van der Waals surface area contributed by atoms with Crippen LogP contribution in [0.4, 0.5) is 13.2 Å². The van der Waals surface area contributed by atoms with Gasteiger partial charge in [-0.2, -0.15) is 13.2 Å². The summed E-state index contributed by atoms with van der Waals surface area (Å²) in [6, 6.07) is 1.95. The second kappa shape index (κ2) is 3.94. The van der Waals surface area contributed by atoms with Crippen molar-refractivity contribution in [1.82, 2.24) is 0 Å². The van der Waals surface area contributed by atoms with E-state index < -0.39 is 17.5 Å². The third-order valence-electron chi connectivity index (χ3n) is 2.37. The van der Waals surface area contributed by atoms with Gasteiger partial charge in [0.1, 0.15) is 18.8 Å². The van der Waals surface area contributed by atoms with Crippen molar-refractivity contribution in [3.8, 4) is 11.5 Å². The summed E-state index contributed by atoms with van der Waals surface area (Å²) in [5, 5.41) is 0. The molecule has 2 rings (SSSR count). The van der Waals surface area contributed by atoms with Crippen LogP contribution in [-0.2, 0) is 6.18 Å². The molecule has 1 aromatic rings. The molecule has 0 bridgehead atoms. The third-order valence-corrected chi connectivity index (χ3v) is 2.37. The molecule has 1 aliphatic heterocycles. The second-order valence-electron chi connectivity index (χ2n) is 3.57. The lowest BCUT2D eigenvalue weighted by molar-refractivity contribution is -0.139. The minimum atomic E-state index is -4.53. The Labute approximate surface area is 95.1 Å². The number of carbonyl (C=O) groups is 1. The minimum absolute atomic E-state index is 0.0391. The van der Waals surface area contributed by atoms with Gasteiger partial charge in [-0.25, -0.2) is 0 Å². The van der Waals surface area contributed by atoms with Crippen LogP contribution in [0.25, 0.3) is 0 Å². The van der Waals surface area contributed by atoms with E-state index in [2.05, 4.69) is 0 Å². The van der Waals surface area contributed by atoms with Gasteiger partial charge in [-0.15, -0.1) is 0 Å². The van der Waals surface area contributed by atoms with Crippen LogP contribution in [0, 0.1) is 0 Å². The maximum absolute atomic E-state index is 12.7. The molecule has 1 aromatic carbocycles. The quantitative estimate of drug-likeness (QED) is 0.714. The Kier molecular flexibility index (Phi) is 2.73. The summed E-state index contributed by atoms with van der Waals surface area (Å²) in [7, 11) is 0. The van der Waals surface area contributed by atoms with E-state index in [9.17, 15) is 18.0 Å². The van der Waals surface area contributed by atoms with E-state index in [-0.39, 0.29) is 30.3 Å². The van der Waals surface area contributed by atoms with Crippen molar-refractivity contribution in [3.05, 3.63) is 23.3 Å². The number of fused-ring (bicyclic) bond motifs is 1. The molecule has 0 aliphatic carbocycles. The maximum Gasteiger partial charge on any atom is 0.420 e. The first kappa shape index (κ1) is 11.8. The summed E-state index contributed by atoms with van der Waals surface area (Å²) in [4.78, 5) is 11.3. The van der Waals surface area contributed by atoms with E-state index in [0.29, 0.717) is 0 Å². The molecule has 0 radical (unpaired) electrons. The molecule has 0 saturated carbocycles. The minimum Gasteiger partial charge on any atom is -0.485 e. The van der Waals surface area contributed by atoms with Crippen molar-refractivity contribution >= 4 is 5.78 Å². The molecule has 1 aliphatic rings. The molecule has 3 nitrogen and oxygen atoms in total. The molecule has 0 saturated heterocycles. The molecule has 0 aromatic heterocycles. The summed E-state index contributed by atoms with van der Waals surface area (Å²) in [5.74, 6) is -0.865. The number of rotatable bonds is 1. The standard InChI is InChI=1S/C11H9F3O3/c1-6(15)7-2-3-8(11(12,13)14)10-9(7)16-4-5-17-10/h2-3H,4-5H2,1H3. The highest BCUT2D eigenvalue weighted by molar-refractivity contribution is 5.98. The average molecular weight is 246 g/mol. The molecular formula is C11H9F3O3. The Morgan fingerprint density at radius 1 is 1.18 bits per heavy atom. The van der Waals surface area contributed by atoms with Crippen molar-refractivity contribution in [2.45, 2.75) is 13.1 Å². The molecule has 0 unspecified atom stereocenters. The molecule has 0 amide bonds. The topological polar surface area (TPSA) is 35.5 Å². The Bertz CT molecular complexity index is 466. The molecule has 0 fully saturated rings. The molecule has 92 valence electrons. The van der Waals surface area contributed by atoms with Gasteiger partial charge in [0.2, 0.25) is 0 Å². The number of benzene rings is 1. The Morgan fingerprint density at radius 2 is 1.76 bits per heavy atom. The normalized spacial score (nSPS) is 14.6. The van der Waals surface area contributed by atoms with E-state index in [1.165, 1.54) is 6.92 Å². The van der Waals surface area contributed by atoms with Gasteiger partial charge < -0.3 is 9.47 Å². The van der Waals surface area contributed by atoms with E-state index in [1.54, 1.807) is 0 Å². The van der Waals surface area contributed by atoms with E-state index in [1.807, 2.05) is 0 Å². The number of hydrogen-bond acceptors (Lipinski definition) is 3. The van der Waals surface area contributed by atoms with Gasteiger partial charge in [-0.3, -0.25) is 4.79 Å². The van der Waals surface area contributed by atoms with Crippen LogP contribution in [-0.4, -0.2) is 19.0 Å². The van der Waals surface area contributed by atoms with Gasteiger partial charge in [0.05, 0.1) is 5.56 Å². The van der Waals surface area contributed by atoms with Crippen LogP contribution in [0.2, 0.25) is 0 Å². The second-order valence-corrected chi connectivity index (χ2v) is 3.57. The van der Waals surface area contributed by atoms with Crippen molar-refractivity contribution in [1.29, 1.82) is 0 Å². The number of Topliss-reactive ketones (excluding diaryl/α,β-unsaturated/α-hetero) is 1. The summed E-state index contributed by atoms with van der Waals surface area (Å²) < 4.78 is 48.1. The Hall–Kier alpha value is -1.72. The number of carbonyl (C=O) groups excluding carboxylic acids is 1. The van der Waals surface area contributed by atoms with Crippen LogP contribution >= 0.6 is 0 Å². The molecular weight excluding hydrogens is 237 g/mol. The largest absolute Gasteiger partial charge is 0.485 e. The Balaban J connectivity index is 2.63. The first-order valence-corrected chi connectivity index (χ1v) is 4.92. The molecule has 0 atom stereocenters. The summed E-state index contributed by atoms with van der Waals surface area (Å²) in [6.07, 6.45) is -4.53. The molecule has 17 heavy (non-hydrogen) atoms. The molecule has 0 spiro atoms. The first-order valence-electron chi connectivity index (χ1n) is 4.92. The summed E-state index contributed by atoms with van der Waals surface area (Å²) in [5.41, 5.74) is -0.815. The van der Waals surface area contributed by atoms with E-state index in [4.69, 9.17) is 9.47 Å². The SMILES string of the molecule is CC(=O)c1ccc(C(F)(F)F)c2c1OCCO2. The molecule has 0 N–H and O–H groups in total. The van der Waals surface area contributed by atoms with Gasteiger partial charge in [-0.05, 0) is 19.1 Å². The zero-order valence-electron chi connectivity index (χ0n) is 8.93. The van der Waals surface area contributed by atoms with E-state index >= 15 is 0 Å². The number of hydrogen-bond donors (Lipinski definition) is 0. The van der Waals surface area contributed by atoms with Gasteiger partial charge in [0.15, 0.2) is 17.3 Å². The van der Waals surface area contributed by atoms with Crippen molar-refractivity contribution in [3.63, 3.8) is 0 Å². The zero-order chi connectivity index (χ0) is 12.6. The number of alkyl halides is 3. The van der Waals surface area contributed by atoms with Crippen LogP contribution in [0.3, 0.4) is 0 Å². The fourth-order valence-electron chi connectivity index (χ4n) is 1.64. The van der Waals surface area contributed by atoms with Crippen molar-refractivity contribution < 1.29 is 27.4 Å². The maximum atomic E-state index is 12.7. The van der Waals surface area contributed by atoms with Crippen LogP contribution < -0.4 is 9.47 Å². The lowest BCUT2D eigenvalue weighted by Crippen LogP contribution is -2.21. The van der Waals surface area contributed by atoms with Gasteiger partial charge in [0, 0.05) is 0 Å². The van der Waals surface area contributed by atoms with Gasteiger partial charge in [-0.1, -0.05) is 0 Å². The number of ether oxygens (including phenoxy) is 2. The van der Waals surface area contributed by atoms with E-state index in [0.717, 1.165) is 12.1 Å². The van der Waals surface area contributed by atoms with Crippen LogP contribution in [0.15, 0.2) is 12.1 Å². The van der Waals surface area contributed by atoms with Gasteiger partial charge >= 0.3 is 6.18 Å². The fourth-order valence-corrected chi connectivity index (χ4v) is 1.64. The van der Waals surface area contributed by atoms with Crippen LogP contribution in [0.5, 0.6) is 11.5 Å². The third kappa shape index (κ3) is 2.07.